The molecule has 1 N–H and O–H groups in total. The summed E-state index contributed by atoms with van der Waals surface area (Å²) in [6.07, 6.45) is 1.52. The number of benzene rings is 3. The molecule has 0 spiro atoms. The van der Waals surface area contributed by atoms with E-state index in [-0.39, 0.29) is 18.2 Å². The van der Waals surface area contributed by atoms with E-state index in [1.54, 1.807) is 50.5 Å². The number of nitrogens with zero attached hydrogens (tertiary/aromatic N) is 1. The van der Waals surface area contributed by atoms with Gasteiger partial charge in [0.15, 0.2) is 0 Å². The lowest BCUT2D eigenvalue weighted by atomic mass is 10.1. The highest BCUT2D eigenvalue weighted by Gasteiger charge is 2.26. The molecule has 0 bridgehead atoms. The van der Waals surface area contributed by atoms with E-state index in [9.17, 15) is 9.59 Å². The standard InChI is InChI=1S/C27H28N2O5/c1-32-21-11-8-19(9-12-21)27(31)29-16-15-18-7-10-20(17-23(18)29)28-26(30)14-13-22-24(33-2)5-4-6-25(22)34-3/h4-12,17H,13-16H2,1-3H3,(H,28,30). The Balaban J connectivity index is 1.45. The third kappa shape index (κ3) is 4.83. The van der Waals surface area contributed by atoms with E-state index in [0.29, 0.717) is 41.5 Å². The molecule has 0 unspecified atom stereocenters. The number of methoxy groups -OCH3 is 3. The summed E-state index contributed by atoms with van der Waals surface area (Å²) in [6.45, 7) is 0.602. The fraction of sp³-hybridized carbons (Fsp3) is 0.259. The summed E-state index contributed by atoms with van der Waals surface area (Å²) in [6, 6.07) is 18.3. The van der Waals surface area contributed by atoms with Crippen LogP contribution in [0, 0.1) is 0 Å². The van der Waals surface area contributed by atoms with Gasteiger partial charge in [-0.3, -0.25) is 9.59 Å². The van der Waals surface area contributed by atoms with E-state index in [2.05, 4.69) is 5.32 Å². The van der Waals surface area contributed by atoms with Crippen LogP contribution < -0.4 is 24.4 Å². The second-order valence-corrected chi connectivity index (χ2v) is 7.97. The van der Waals surface area contributed by atoms with Gasteiger partial charge < -0.3 is 24.4 Å². The Morgan fingerprint density at radius 2 is 1.62 bits per heavy atom. The molecular weight excluding hydrogens is 432 g/mol. The Labute approximate surface area is 199 Å². The van der Waals surface area contributed by atoms with Crippen LogP contribution in [0.4, 0.5) is 11.4 Å². The maximum atomic E-state index is 13.1. The van der Waals surface area contributed by atoms with E-state index >= 15 is 0 Å². The molecule has 3 aromatic rings. The maximum Gasteiger partial charge on any atom is 0.258 e. The number of rotatable bonds is 8. The van der Waals surface area contributed by atoms with Gasteiger partial charge in [0.1, 0.15) is 17.2 Å². The van der Waals surface area contributed by atoms with Gasteiger partial charge in [0.05, 0.1) is 21.3 Å². The van der Waals surface area contributed by atoms with Gasteiger partial charge in [0.25, 0.3) is 5.91 Å². The summed E-state index contributed by atoms with van der Waals surface area (Å²) in [5.74, 6) is 1.89. The van der Waals surface area contributed by atoms with Crippen molar-refractivity contribution in [3.05, 3.63) is 77.4 Å². The maximum absolute atomic E-state index is 13.1. The van der Waals surface area contributed by atoms with Gasteiger partial charge in [0.2, 0.25) is 5.91 Å². The number of carbonyl (C=O) groups excluding carboxylic acids is 2. The lowest BCUT2D eigenvalue weighted by Crippen LogP contribution is -2.28. The first kappa shape index (κ1) is 23.2. The molecule has 1 aliphatic rings. The molecule has 0 atom stereocenters. The summed E-state index contributed by atoms with van der Waals surface area (Å²) in [5.41, 5.74) is 4.01. The molecule has 2 amide bonds. The fourth-order valence-electron chi connectivity index (χ4n) is 4.19. The second-order valence-electron chi connectivity index (χ2n) is 7.97. The summed E-state index contributed by atoms with van der Waals surface area (Å²) < 4.78 is 16.0. The number of hydrogen-bond donors (Lipinski definition) is 1. The number of nitrogens with one attached hydrogen (secondary N) is 1. The van der Waals surface area contributed by atoms with E-state index in [1.807, 2.05) is 36.4 Å². The van der Waals surface area contributed by atoms with Crippen molar-refractivity contribution in [1.29, 1.82) is 0 Å². The van der Waals surface area contributed by atoms with Crippen LogP contribution >= 0.6 is 0 Å². The summed E-state index contributed by atoms with van der Waals surface area (Å²) in [7, 11) is 4.79. The van der Waals surface area contributed by atoms with E-state index in [4.69, 9.17) is 14.2 Å². The van der Waals surface area contributed by atoms with E-state index < -0.39 is 0 Å². The van der Waals surface area contributed by atoms with Crippen LogP contribution in [-0.4, -0.2) is 39.7 Å². The molecule has 34 heavy (non-hydrogen) atoms. The molecule has 176 valence electrons. The van der Waals surface area contributed by atoms with Gasteiger partial charge in [-0.1, -0.05) is 12.1 Å². The quantitative estimate of drug-likeness (QED) is 0.536. The third-order valence-corrected chi connectivity index (χ3v) is 5.98. The smallest absolute Gasteiger partial charge is 0.258 e. The Hall–Kier alpha value is -4.00. The molecule has 0 saturated carbocycles. The summed E-state index contributed by atoms with van der Waals surface area (Å²) in [4.78, 5) is 27.6. The minimum absolute atomic E-state index is 0.0758. The lowest BCUT2D eigenvalue weighted by Gasteiger charge is -2.18. The number of amides is 2. The molecule has 0 radical (unpaired) electrons. The molecule has 0 aliphatic carbocycles. The van der Waals surface area contributed by atoms with Crippen LogP contribution in [-0.2, 0) is 17.6 Å². The van der Waals surface area contributed by atoms with Crippen molar-refractivity contribution in [2.75, 3.05) is 38.1 Å². The largest absolute Gasteiger partial charge is 0.497 e. The number of carbonyl (C=O) groups is 2. The van der Waals surface area contributed by atoms with Gasteiger partial charge in [0, 0.05) is 35.5 Å². The topological polar surface area (TPSA) is 77.1 Å². The molecular formula is C27H28N2O5. The second kappa shape index (κ2) is 10.3. The Morgan fingerprint density at radius 1 is 0.912 bits per heavy atom. The molecule has 0 aromatic heterocycles. The predicted octanol–water partition coefficient (Wildman–Crippen LogP) is 4.49. The first-order valence-corrected chi connectivity index (χ1v) is 11.1. The van der Waals surface area contributed by atoms with Crippen LogP contribution in [0.3, 0.4) is 0 Å². The molecule has 0 saturated heterocycles. The molecule has 1 aliphatic heterocycles. The van der Waals surface area contributed by atoms with Crippen molar-refractivity contribution in [1.82, 2.24) is 0 Å². The number of anilines is 2. The van der Waals surface area contributed by atoms with E-state index in [0.717, 1.165) is 23.2 Å². The highest BCUT2D eigenvalue weighted by molar-refractivity contribution is 6.07. The number of hydrogen-bond acceptors (Lipinski definition) is 5. The Kier molecular flexibility index (Phi) is 7.01. The zero-order chi connectivity index (χ0) is 24.1. The zero-order valence-electron chi connectivity index (χ0n) is 19.6. The molecule has 1 heterocycles. The zero-order valence-corrected chi connectivity index (χ0v) is 19.6. The molecule has 7 nitrogen and oxygen atoms in total. The van der Waals surface area contributed by atoms with E-state index in [1.165, 1.54) is 0 Å². The van der Waals surface area contributed by atoms with Gasteiger partial charge in [-0.05, 0) is 66.9 Å². The molecule has 3 aromatic carbocycles. The van der Waals surface area contributed by atoms with Crippen molar-refractivity contribution in [3.8, 4) is 17.2 Å². The van der Waals surface area contributed by atoms with Crippen LogP contribution in [0.25, 0.3) is 0 Å². The van der Waals surface area contributed by atoms with Crippen LogP contribution in [0.5, 0.6) is 17.2 Å². The first-order valence-electron chi connectivity index (χ1n) is 11.1. The van der Waals surface area contributed by atoms with Crippen molar-refractivity contribution < 1.29 is 23.8 Å². The van der Waals surface area contributed by atoms with Crippen molar-refractivity contribution in [3.63, 3.8) is 0 Å². The van der Waals surface area contributed by atoms with Gasteiger partial charge in [-0.15, -0.1) is 0 Å². The third-order valence-electron chi connectivity index (χ3n) is 5.98. The Bertz CT molecular complexity index is 1170. The van der Waals surface area contributed by atoms with Crippen molar-refractivity contribution in [2.45, 2.75) is 19.3 Å². The monoisotopic (exact) mass is 460 g/mol. The number of fused-ring (bicyclic) bond motifs is 1. The average molecular weight is 461 g/mol. The van der Waals surface area contributed by atoms with Gasteiger partial charge >= 0.3 is 0 Å². The molecule has 0 fully saturated rings. The minimum atomic E-state index is -0.126. The van der Waals surface area contributed by atoms with Crippen molar-refractivity contribution >= 4 is 23.2 Å². The van der Waals surface area contributed by atoms with Crippen LogP contribution in [0.2, 0.25) is 0 Å². The van der Waals surface area contributed by atoms with Crippen molar-refractivity contribution in [2.24, 2.45) is 0 Å². The average Bonchev–Trinajstić information content (AvgIpc) is 3.30. The highest BCUT2D eigenvalue weighted by Crippen LogP contribution is 2.33. The minimum Gasteiger partial charge on any atom is -0.497 e. The number of ether oxygens (including phenoxy) is 3. The first-order chi connectivity index (χ1) is 16.5. The predicted molar refractivity (Wildman–Crippen MR) is 131 cm³/mol. The highest BCUT2D eigenvalue weighted by atomic mass is 16.5. The van der Waals surface area contributed by atoms with Gasteiger partial charge in [-0.2, -0.15) is 0 Å². The van der Waals surface area contributed by atoms with Gasteiger partial charge in [-0.25, -0.2) is 0 Å². The molecule has 4 rings (SSSR count). The van der Waals surface area contributed by atoms with Crippen LogP contribution in [0.1, 0.15) is 27.9 Å². The Morgan fingerprint density at radius 3 is 2.26 bits per heavy atom. The normalized spacial score (nSPS) is 12.1. The summed E-state index contributed by atoms with van der Waals surface area (Å²) in [5, 5.41) is 2.96. The fourth-order valence-corrected chi connectivity index (χ4v) is 4.19. The SMILES string of the molecule is COc1ccc(C(=O)N2CCc3ccc(NC(=O)CCc4c(OC)cccc4OC)cc32)cc1. The summed E-state index contributed by atoms with van der Waals surface area (Å²) >= 11 is 0. The van der Waals surface area contributed by atoms with Crippen LogP contribution in [0.15, 0.2) is 60.7 Å². The molecule has 7 heteroatoms. The lowest BCUT2D eigenvalue weighted by molar-refractivity contribution is -0.116.